The topological polar surface area (TPSA) is 50.4 Å². The van der Waals surface area contributed by atoms with Gasteiger partial charge in [0.1, 0.15) is 5.75 Å². The van der Waals surface area contributed by atoms with E-state index in [9.17, 15) is 4.79 Å². The van der Waals surface area contributed by atoms with E-state index in [1.807, 2.05) is 18.2 Å². The summed E-state index contributed by atoms with van der Waals surface area (Å²) in [5.41, 5.74) is 0.769. The Hall–Kier alpha value is -1.07. The molecule has 4 nitrogen and oxygen atoms in total. The summed E-state index contributed by atoms with van der Waals surface area (Å²) in [5.74, 6) is 0.742. The highest BCUT2D eigenvalue weighted by Crippen LogP contribution is 2.27. The summed E-state index contributed by atoms with van der Waals surface area (Å²) in [4.78, 5) is 11.8. The summed E-state index contributed by atoms with van der Waals surface area (Å²) in [5, 5.41) is 6.16. The number of hydrogen-bond acceptors (Lipinski definition) is 3. The molecule has 5 heteroatoms. The molecule has 0 aromatic heterocycles. The van der Waals surface area contributed by atoms with Crippen LogP contribution in [0.15, 0.2) is 22.7 Å². The summed E-state index contributed by atoms with van der Waals surface area (Å²) in [6.45, 7) is 0.369. The van der Waals surface area contributed by atoms with Gasteiger partial charge in [0.25, 0.3) is 0 Å². The summed E-state index contributed by atoms with van der Waals surface area (Å²) < 4.78 is 5.98. The monoisotopic (exact) mass is 326 g/mol. The van der Waals surface area contributed by atoms with Gasteiger partial charge in [-0.05, 0) is 47.0 Å². The van der Waals surface area contributed by atoms with Crippen LogP contribution in [0.3, 0.4) is 0 Å². The van der Waals surface area contributed by atoms with Crippen molar-refractivity contribution in [2.75, 3.05) is 19.0 Å². The number of carbonyl (C=O) groups excluding carboxylic acids is 1. The first-order valence-electron chi connectivity index (χ1n) is 6.56. The molecule has 1 aliphatic carbocycles. The quantitative estimate of drug-likeness (QED) is 0.874. The number of methoxy groups -OCH3 is 1. The van der Waals surface area contributed by atoms with Crippen LogP contribution in [0, 0.1) is 0 Å². The standard InChI is InChI=1S/C14H19BrN2O2/c1-19-13-7-6-11(8-12(13)15)17-14(18)9-16-10-4-2-3-5-10/h6-8,10,16H,2-5,9H2,1H3,(H,17,18). The molecule has 1 aromatic rings. The predicted molar refractivity (Wildman–Crippen MR) is 79.6 cm³/mol. The van der Waals surface area contributed by atoms with Gasteiger partial charge in [0.2, 0.25) is 5.91 Å². The first-order chi connectivity index (χ1) is 9.19. The molecular formula is C14H19BrN2O2. The lowest BCUT2D eigenvalue weighted by atomic mass is 10.2. The molecule has 19 heavy (non-hydrogen) atoms. The van der Waals surface area contributed by atoms with Gasteiger partial charge in [-0.3, -0.25) is 4.79 Å². The van der Waals surface area contributed by atoms with Gasteiger partial charge in [0.05, 0.1) is 18.1 Å². The molecule has 0 radical (unpaired) electrons. The van der Waals surface area contributed by atoms with E-state index >= 15 is 0 Å². The number of hydrogen-bond donors (Lipinski definition) is 2. The van der Waals surface area contributed by atoms with Crippen molar-refractivity contribution in [2.24, 2.45) is 0 Å². The second-order valence-electron chi connectivity index (χ2n) is 4.76. The first kappa shape index (κ1) is 14.3. The minimum Gasteiger partial charge on any atom is -0.496 e. The van der Waals surface area contributed by atoms with Crippen LogP contribution >= 0.6 is 15.9 Å². The van der Waals surface area contributed by atoms with E-state index in [0.717, 1.165) is 15.9 Å². The van der Waals surface area contributed by atoms with E-state index in [2.05, 4.69) is 26.6 Å². The fourth-order valence-electron chi connectivity index (χ4n) is 2.32. The van der Waals surface area contributed by atoms with E-state index in [-0.39, 0.29) is 5.91 Å². The van der Waals surface area contributed by atoms with Crippen molar-refractivity contribution in [1.82, 2.24) is 5.32 Å². The van der Waals surface area contributed by atoms with Crippen LogP contribution in [0.5, 0.6) is 5.75 Å². The number of anilines is 1. The van der Waals surface area contributed by atoms with Gasteiger partial charge in [-0.15, -0.1) is 0 Å². The zero-order chi connectivity index (χ0) is 13.7. The highest BCUT2D eigenvalue weighted by atomic mass is 79.9. The van der Waals surface area contributed by atoms with Gasteiger partial charge in [0.15, 0.2) is 0 Å². The third kappa shape index (κ3) is 4.21. The molecule has 0 heterocycles. The molecule has 104 valence electrons. The Morgan fingerprint density at radius 2 is 2.16 bits per heavy atom. The molecule has 0 bridgehead atoms. The van der Waals surface area contributed by atoms with Crippen LogP contribution in [0.25, 0.3) is 0 Å². The molecule has 1 aliphatic rings. The first-order valence-corrected chi connectivity index (χ1v) is 7.35. The highest BCUT2D eigenvalue weighted by Gasteiger charge is 2.15. The van der Waals surface area contributed by atoms with Crippen molar-refractivity contribution in [2.45, 2.75) is 31.7 Å². The molecule has 1 aromatic carbocycles. The Morgan fingerprint density at radius 3 is 2.79 bits per heavy atom. The summed E-state index contributed by atoms with van der Waals surface area (Å²) in [7, 11) is 1.61. The second kappa shape index (κ2) is 6.91. The maximum atomic E-state index is 11.8. The van der Waals surface area contributed by atoms with Gasteiger partial charge in [-0.1, -0.05) is 12.8 Å². The van der Waals surface area contributed by atoms with E-state index in [4.69, 9.17) is 4.74 Å². The predicted octanol–water partition coefficient (Wildman–Crippen LogP) is 2.93. The van der Waals surface area contributed by atoms with Gasteiger partial charge in [0, 0.05) is 11.7 Å². The molecule has 1 saturated carbocycles. The van der Waals surface area contributed by atoms with Crippen molar-refractivity contribution >= 4 is 27.5 Å². The van der Waals surface area contributed by atoms with Crippen molar-refractivity contribution in [3.05, 3.63) is 22.7 Å². The average Bonchev–Trinajstić information content (AvgIpc) is 2.90. The smallest absolute Gasteiger partial charge is 0.238 e. The van der Waals surface area contributed by atoms with Crippen LogP contribution < -0.4 is 15.4 Å². The Morgan fingerprint density at radius 1 is 1.42 bits per heavy atom. The van der Waals surface area contributed by atoms with Gasteiger partial charge >= 0.3 is 0 Å². The lowest BCUT2D eigenvalue weighted by molar-refractivity contribution is -0.115. The van der Waals surface area contributed by atoms with Crippen LogP contribution in [0.2, 0.25) is 0 Å². The largest absolute Gasteiger partial charge is 0.496 e. The Bertz CT molecular complexity index is 445. The molecule has 0 unspecified atom stereocenters. The second-order valence-corrected chi connectivity index (χ2v) is 5.61. The molecule has 2 N–H and O–H groups in total. The van der Waals surface area contributed by atoms with Gasteiger partial charge in [-0.2, -0.15) is 0 Å². The number of nitrogens with one attached hydrogen (secondary N) is 2. The van der Waals surface area contributed by atoms with Crippen LogP contribution in [-0.4, -0.2) is 25.6 Å². The van der Waals surface area contributed by atoms with Crippen molar-refractivity contribution in [3.63, 3.8) is 0 Å². The molecule has 0 aliphatic heterocycles. The minimum absolute atomic E-state index is 0.0102. The lowest BCUT2D eigenvalue weighted by Gasteiger charge is -2.12. The normalized spacial score (nSPS) is 15.5. The van der Waals surface area contributed by atoms with Gasteiger partial charge < -0.3 is 15.4 Å². The number of halogens is 1. The third-order valence-electron chi connectivity index (χ3n) is 3.34. The maximum absolute atomic E-state index is 11.8. The maximum Gasteiger partial charge on any atom is 0.238 e. The number of amides is 1. The van der Waals surface area contributed by atoms with E-state index in [0.29, 0.717) is 12.6 Å². The highest BCUT2D eigenvalue weighted by molar-refractivity contribution is 9.10. The minimum atomic E-state index is -0.0102. The SMILES string of the molecule is COc1ccc(NC(=O)CNC2CCCC2)cc1Br. The van der Waals surface area contributed by atoms with Crippen LogP contribution in [0.1, 0.15) is 25.7 Å². The fourth-order valence-corrected chi connectivity index (χ4v) is 2.86. The molecule has 0 spiro atoms. The zero-order valence-corrected chi connectivity index (χ0v) is 12.6. The molecule has 2 rings (SSSR count). The van der Waals surface area contributed by atoms with Crippen LogP contribution in [-0.2, 0) is 4.79 Å². The fraction of sp³-hybridized carbons (Fsp3) is 0.500. The van der Waals surface area contributed by atoms with Gasteiger partial charge in [-0.25, -0.2) is 0 Å². The number of ether oxygens (including phenoxy) is 1. The van der Waals surface area contributed by atoms with E-state index in [1.54, 1.807) is 7.11 Å². The van der Waals surface area contributed by atoms with E-state index in [1.165, 1.54) is 25.7 Å². The number of benzene rings is 1. The molecule has 0 saturated heterocycles. The average molecular weight is 327 g/mol. The van der Waals surface area contributed by atoms with Crippen molar-refractivity contribution in [1.29, 1.82) is 0 Å². The Kier molecular flexibility index (Phi) is 5.22. The summed E-state index contributed by atoms with van der Waals surface area (Å²) >= 11 is 3.40. The van der Waals surface area contributed by atoms with Crippen molar-refractivity contribution < 1.29 is 9.53 Å². The molecular weight excluding hydrogens is 308 g/mol. The van der Waals surface area contributed by atoms with Crippen molar-refractivity contribution in [3.8, 4) is 5.75 Å². The molecule has 0 atom stereocenters. The number of rotatable bonds is 5. The summed E-state index contributed by atoms with van der Waals surface area (Å²) in [6.07, 6.45) is 4.90. The number of carbonyl (C=O) groups is 1. The lowest BCUT2D eigenvalue weighted by Crippen LogP contribution is -2.34. The Balaban J connectivity index is 1.82. The third-order valence-corrected chi connectivity index (χ3v) is 3.96. The van der Waals surface area contributed by atoms with Crippen LogP contribution in [0.4, 0.5) is 5.69 Å². The zero-order valence-electron chi connectivity index (χ0n) is 11.0. The molecule has 1 fully saturated rings. The molecule has 1 amide bonds. The Labute approximate surface area is 122 Å². The van der Waals surface area contributed by atoms with E-state index < -0.39 is 0 Å². The summed E-state index contributed by atoms with van der Waals surface area (Å²) in [6, 6.07) is 6.00.